The molecule has 0 rings (SSSR count). The first-order chi connectivity index (χ1) is 6.83. The lowest BCUT2D eigenvalue weighted by Crippen LogP contribution is -1.95. The molecule has 0 N–H and O–H groups in total. The molecule has 3 heteroatoms. The van der Waals surface area contributed by atoms with E-state index in [1.54, 1.807) is 0 Å². The zero-order valence-corrected chi connectivity index (χ0v) is 13.0. The average Bonchev–Trinajstić information content (AvgIpc) is 2.20. The van der Waals surface area contributed by atoms with Crippen LogP contribution in [0.25, 0.3) is 0 Å². The van der Waals surface area contributed by atoms with Crippen LogP contribution in [0.5, 0.6) is 0 Å². The summed E-state index contributed by atoms with van der Waals surface area (Å²) in [5.74, 6) is 0.816. The van der Waals surface area contributed by atoms with Gasteiger partial charge >= 0.3 is 0 Å². The van der Waals surface area contributed by atoms with Crippen molar-refractivity contribution in [2.24, 2.45) is 0 Å². The lowest BCUT2D eigenvalue weighted by molar-refractivity contribution is 0.128. The molecule has 0 aliphatic rings. The van der Waals surface area contributed by atoms with Gasteiger partial charge in [-0.25, -0.2) is 0 Å². The highest BCUT2D eigenvalue weighted by atomic mass is 35.5. The van der Waals surface area contributed by atoms with Crippen molar-refractivity contribution in [3.63, 3.8) is 0 Å². The van der Waals surface area contributed by atoms with E-state index in [0.29, 0.717) is 0 Å². The van der Waals surface area contributed by atoms with E-state index >= 15 is 0 Å². The van der Waals surface area contributed by atoms with Crippen molar-refractivity contribution in [1.82, 2.24) is 0 Å². The Hall–Kier alpha value is 1.02. The number of hydrogen-bond donors (Lipinski definition) is 0. The highest BCUT2D eigenvalue weighted by Crippen LogP contribution is 1.91. The van der Waals surface area contributed by atoms with E-state index in [9.17, 15) is 0 Å². The third-order valence-corrected chi connectivity index (χ3v) is 2.04. The largest absolute Gasteiger partial charge is 0.381 e. The Balaban J connectivity index is -0.000000208. The third-order valence-electron chi connectivity index (χ3n) is 1.77. The quantitative estimate of drug-likeness (QED) is 0.354. The van der Waals surface area contributed by atoms with Crippen molar-refractivity contribution in [2.75, 3.05) is 19.1 Å². The zero-order valence-electron chi connectivity index (χ0n) is 10.9. The minimum absolute atomic E-state index is 0. The maximum atomic E-state index is 5.31. The van der Waals surface area contributed by atoms with Crippen LogP contribution in [0.1, 0.15) is 59.3 Å². The molecule has 0 aliphatic heterocycles. The minimum atomic E-state index is 0. The molecule has 15 heavy (non-hydrogen) atoms. The molecule has 0 aromatic rings. The second-order valence-electron chi connectivity index (χ2n) is 3.36. The lowest BCUT2D eigenvalue weighted by atomic mass is 10.3. The Morgan fingerprint density at radius 2 is 1.20 bits per heavy atom. The number of rotatable bonds is 8. The van der Waals surface area contributed by atoms with Crippen LogP contribution in [0.4, 0.5) is 0 Å². The lowest BCUT2D eigenvalue weighted by Gasteiger charge is -1.99. The van der Waals surface area contributed by atoms with Gasteiger partial charge in [0.1, 0.15) is 0 Å². The van der Waals surface area contributed by atoms with Crippen LogP contribution in [0.15, 0.2) is 0 Å². The van der Waals surface area contributed by atoms with E-state index in [4.69, 9.17) is 16.3 Å². The molecule has 0 amide bonds. The molecule has 2 radical (unpaired) electrons. The van der Waals surface area contributed by atoms with E-state index < -0.39 is 0 Å². The predicted molar refractivity (Wildman–Crippen MR) is 72.0 cm³/mol. The summed E-state index contributed by atoms with van der Waals surface area (Å²) in [6, 6.07) is 0. The van der Waals surface area contributed by atoms with E-state index in [1.807, 2.05) is 0 Å². The number of unbranched alkanes of at least 4 members (excludes halogenated alkanes) is 3. The highest BCUT2D eigenvalue weighted by Gasteiger charge is 1.84. The smallest absolute Gasteiger partial charge is 0.0465 e. The minimum Gasteiger partial charge on any atom is -0.381 e. The van der Waals surface area contributed by atoms with Gasteiger partial charge in [0.05, 0.1) is 0 Å². The molecule has 0 bridgehead atoms. The zero-order chi connectivity index (χ0) is 11.1. The third kappa shape index (κ3) is 31.3. The van der Waals surface area contributed by atoms with Gasteiger partial charge in [-0.05, 0) is 19.3 Å². The maximum Gasteiger partial charge on any atom is 0.0465 e. The molecule has 0 fully saturated rings. The van der Waals surface area contributed by atoms with Crippen molar-refractivity contribution < 1.29 is 4.74 Å². The first-order valence-corrected chi connectivity index (χ1v) is 6.50. The first kappa shape index (κ1) is 21.3. The van der Waals surface area contributed by atoms with Gasteiger partial charge in [-0.15, -0.1) is 11.6 Å². The van der Waals surface area contributed by atoms with Gasteiger partial charge in [0.2, 0.25) is 0 Å². The Labute approximate surface area is 117 Å². The molecule has 0 aromatic carbocycles. The fourth-order valence-electron chi connectivity index (χ4n) is 0.728. The Morgan fingerprint density at radius 1 is 0.800 bits per heavy atom. The van der Waals surface area contributed by atoms with Gasteiger partial charge < -0.3 is 4.74 Å². The normalized spacial score (nSPS) is 8.80. The molecular weight excluding hydrogens is 220 g/mol. The Morgan fingerprint density at radius 3 is 1.40 bits per heavy atom. The predicted octanol–water partition coefficient (Wildman–Crippen LogP) is 4.25. The summed E-state index contributed by atoms with van der Waals surface area (Å²) in [4.78, 5) is 0. The van der Waals surface area contributed by atoms with Crippen LogP contribution in [0, 0.1) is 0 Å². The van der Waals surface area contributed by atoms with Crippen LogP contribution in [-0.2, 0) is 4.74 Å². The standard InChI is InChI=1S/C8H18O.C4H9Cl.Mg/c1-3-5-7-9-8-6-4-2;1-2-3-4-5;/h3-8H2,1-2H3;2-4H2,1H3;. The van der Waals surface area contributed by atoms with E-state index in [0.717, 1.165) is 25.5 Å². The van der Waals surface area contributed by atoms with E-state index in [-0.39, 0.29) is 23.1 Å². The van der Waals surface area contributed by atoms with Crippen LogP contribution in [-0.4, -0.2) is 42.1 Å². The topological polar surface area (TPSA) is 9.23 Å². The van der Waals surface area contributed by atoms with Gasteiger partial charge in [-0.3, -0.25) is 0 Å². The van der Waals surface area contributed by atoms with Gasteiger partial charge in [0.25, 0.3) is 0 Å². The first-order valence-electron chi connectivity index (χ1n) is 5.97. The molecule has 1 nitrogen and oxygen atoms in total. The van der Waals surface area contributed by atoms with Crippen LogP contribution in [0.2, 0.25) is 0 Å². The summed E-state index contributed by atoms with van der Waals surface area (Å²) in [5.41, 5.74) is 0. The average molecular weight is 247 g/mol. The summed E-state index contributed by atoms with van der Waals surface area (Å²) in [5, 5.41) is 0. The number of halogens is 1. The molecule has 0 heterocycles. The molecule has 0 atom stereocenters. The van der Waals surface area contributed by atoms with Crippen LogP contribution in [0.3, 0.4) is 0 Å². The second kappa shape index (κ2) is 24.3. The summed E-state index contributed by atoms with van der Waals surface area (Å²) >= 11 is 5.30. The second-order valence-corrected chi connectivity index (χ2v) is 3.74. The maximum absolute atomic E-state index is 5.31. The van der Waals surface area contributed by atoms with Crippen molar-refractivity contribution >= 4 is 34.7 Å². The van der Waals surface area contributed by atoms with Gasteiger partial charge in [0.15, 0.2) is 0 Å². The van der Waals surface area contributed by atoms with Gasteiger partial charge in [-0.1, -0.05) is 40.0 Å². The summed E-state index contributed by atoms with van der Waals surface area (Å²) in [7, 11) is 0. The van der Waals surface area contributed by atoms with E-state index in [2.05, 4.69) is 20.8 Å². The Kier molecular flexibility index (Phi) is 34.5. The monoisotopic (exact) mass is 246 g/mol. The molecule has 90 valence electrons. The van der Waals surface area contributed by atoms with Gasteiger partial charge in [0, 0.05) is 42.1 Å². The van der Waals surface area contributed by atoms with Crippen molar-refractivity contribution in [3.8, 4) is 0 Å². The SMILES string of the molecule is CCCCCl.CCCCOCCCC.[Mg]. The summed E-state index contributed by atoms with van der Waals surface area (Å²) < 4.78 is 5.31. The van der Waals surface area contributed by atoms with Crippen molar-refractivity contribution in [3.05, 3.63) is 0 Å². The van der Waals surface area contributed by atoms with Crippen LogP contribution < -0.4 is 0 Å². The molecule has 0 aromatic heterocycles. The number of alkyl halides is 1. The van der Waals surface area contributed by atoms with Gasteiger partial charge in [-0.2, -0.15) is 0 Å². The highest BCUT2D eigenvalue weighted by molar-refractivity contribution is 6.17. The molecule has 0 saturated heterocycles. The number of hydrogen-bond acceptors (Lipinski definition) is 1. The number of ether oxygens (including phenoxy) is 1. The molecule has 0 aliphatic carbocycles. The van der Waals surface area contributed by atoms with Crippen LogP contribution >= 0.6 is 11.6 Å². The van der Waals surface area contributed by atoms with Crippen molar-refractivity contribution in [1.29, 1.82) is 0 Å². The fourth-order valence-corrected chi connectivity index (χ4v) is 0.996. The summed E-state index contributed by atoms with van der Waals surface area (Å²) in [6.07, 6.45) is 7.27. The molecule has 0 spiro atoms. The fraction of sp³-hybridized carbons (Fsp3) is 1.00. The van der Waals surface area contributed by atoms with E-state index in [1.165, 1.54) is 32.1 Å². The summed E-state index contributed by atoms with van der Waals surface area (Å²) in [6.45, 7) is 8.40. The molecule has 0 saturated carbocycles. The Bertz CT molecular complexity index is 74.0. The molecule has 0 unspecified atom stereocenters. The van der Waals surface area contributed by atoms with Crippen molar-refractivity contribution in [2.45, 2.75) is 59.3 Å². The molecular formula is C12H27ClMgO.